The summed E-state index contributed by atoms with van der Waals surface area (Å²) in [5.41, 5.74) is 2.59. The van der Waals surface area contributed by atoms with Crippen LogP contribution in [-0.2, 0) is 0 Å². The van der Waals surface area contributed by atoms with Crippen LogP contribution in [0.5, 0.6) is 0 Å². The van der Waals surface area contributed by atoms with Crippen molar-refractivity contribution in [3.05, 3.63) is 75.3 Å². The summed E-state index contributed by atoms with van der Waals surface area (Å²) in [4.78, 5) is 12.0. The molecular weight excluding hydrogens is 279 g/mol. The summed E-state index contributed by atoms with van der Waals surface area (Å²) in [6.45, 7) is 2.00. The molecule has 2 aromatic carbocycles. The fraction of sp³-hybridized carbons (Fsp3) is 0.0625. The van der Waals surface area contributed by atoms with Crippen molar-refractivity contribution in [2.45, 2.75) is 6.92 Å². The topological polar surface area (TPSA) is 17.1 Å². The third-order valence-corrected chi connectivity index (χ3v) is 3.35. The van der Waals surface area contributed by atoms with E-state index >= 15 is 0 Å². The summed E-state index contributed by atoms with van der Waals surface area (Å²) >= 11 is 11.8. The van der Waals surface area contributed by atoms with Crippen LogP contribution in [0, 0.1) is 6.92 Å². The lowest BCUT2D eigenvalue weighted by Crippen LogP contribution is -1.95. The van der Waals surface area contributed by atoms with Gasteiger partial charge < -0.3 is 0 Å². The highest BCUT2D eigenvalue weighted by atomic mass is 35.5. The smallest absolute Gasteiger partial charge is 0.187 e. The average Bonchev–Trinajstić information content (AvgIpc) is 2.37. The fourth-order valence-electron chi connectivity index (χ4n) is 1.72. The number of benzene rings is 2. The van der Waals surface area contributed by atoms with Gasteiger partial charge in [0.15, 0.2) is 5.78 Å². The summed E-state index contributed by atoms with van der Waals surface area (Å²) in [6, 6.07) is 12.7. The molecule has 0 N–H and O–H groups in total. The lowest BCUT2D eigenvalue weighted by molar-refractivity contribution is 0.104. The Hall–Kier alpha value is -1.57. The molecule has 19 heavy (non-hydrogen) atoms. The molecule has 0 aliphatic heterocycles. The van der Waals surface area contributed by atoms with Crippen LogP contribution in [0.3, 0.4) is 0 Å². The molecule has 2 rings (SSSR count). The number of halogens is 2. The van der Waals surface area contributed by atoms with Gasteiger partial charge in [0.2, 0.25) is 0 Å². The molecule has 96 valence electrons. The number of aryl methyl sites for hydroxylation is 1. The van der Waals surface area contributed by atoms with Gasteiger partial charge in [-0.05, 0) is 42.3 Å². The van der Waals surface area contributed by atoms with E-state index in [4.69, 9.17) is 23.2 Å². The minimum atomic E-state index is -0.134. The van der Waals surface area contributed by atoms with Crippen LogP contribution < -0.4 is 0 Å². The Morgan fingerprint density at radius 1 is 1.11 bits per heavy atom. The molecule has 0 radical (unpaired) electrons. The van der Waals surface area contributed by atoms with Crippen molar-refractivity contribution in [2.75, 3.05) is 0 Å². The highest BCUT2D eigenvalue weighted by Gasteiger charge is 2.07. The first-order chi connectivity index (χ1) is 9.08. The maximum atomic E-state index is 12.0. The summed E-state index contributed by atoms with van der Waals surface area (Å²) in [5, 5.41) is 0.886. The van der Waals surface area contributed by atoms with Crippen molar-refractivity contribution in [1.82, 2.24) is 0 Å². The van der Waals surface area contributed by atoms with Crippen molar-refractivity contribution in [3.63, 3.8) is 0 Å². The molecule has 0 saturated carbocycles. The summed E-state index contributed by atoms with van der Waals surface area (Å²) in [5.74, 6) is -0.134. The predicted octanol–water partition coefficient (Wildman–Crippen LogP) is 5.20. The highest BCUT2D eigenvalue weighted by molar-refractivity contribution is 6.37. The maximum absolute atomic E-state index is 12.0. The highest BCUT2D eigenvalue weighted by Crippen LogP contribution is 2.22. The van der Waals surface area contributed by atoms with E-state index < -0.39 is 0 Å². The molecule has 0 aromatic heterocycles. The SMILES string of the molecule is Cc1ccccc1C=CC(=O)c1ccc(Cl)cc1Cl. The van der Waals surface area contributed by atoms with Gasteiger partial charge in [0, 0.05) is 10.6 Å². The standard InChI is InChI=1S/C16H12Cl2O/c1-11-4-2-3-5-12(11)6-9-16(19)14-8-7-13(17)10-15(14)18/h2-10H,1H3. The van der Waals surface area contributed by atoms with E-state index in [-0.39, 0.29) is 5.78 Å². The van der Waals surface area contributed by atoms with Crippen molar-refractivity contribution in [3.8, 4) is 0 Å². The molecule has 0 heterocycles. The molecule has 0 amide bonds. The number of hydrogen-bond acceptors (Lipinski definition) is 1. The second-order valence-corrected chi connectivity index (χ2v) is 5.02. The van der Waals surface area contributed by atoms with Gasteiger partial charge in [0.1, 0.15) is 0 Å². The van der Waals surface area contributed by atoms with Crippen LogP contribution in [0.2, 0.25) is 10.0 Å². The summed E-state index contributed by atoms with van der Waals surface area (Å²) in [6.07, 6.45) is 3.32. The van der Waals surface area contributed by atoms with Gasteiger partial charge in [-0.2, -0.15) is 0 Å². The third kappa shape index (κ3) is 3.46. The zero-order valence-electron chi connectivity index (χ0n) is 10.4. The van der Waals surface area contributed by atoms with Crippen molar-refractivity contribution >= 4 is 35.1 Å². The number of allylic oxidation sites excluding steroid dienone is 1. The van der Waals surface area contributed by atoms with Crippen LogP contribution in [0.4, 0.5) is 0 Å². The Labute approximate surface area is 122 Å². The van der Waals surface area contributed by atoms with Crippen molar-refractivity contribution in [1.29, 1.82) is 0 Å². The molecule has 0 aliphatic carbocycles. The number of rotatable bonds is 3. The van der Waals surface area contributed by atoms with Gasteiger partial charge in [-0.15, -0.1) is 0 Å². The second-order valence-electron chi connectivity index (χ2n) is 4.18. The van der Waals surface area contributed by atoms with Gasteiger partial charge in [-0.1, -0.05) is 53.5 Å². The summed E-state index contributed by atoms with van der Waals surface area (Å²) < 4.78 is 0. The maximum Gasteiger partial charge on any atom is 0.187 e. The molecular formula is C16H12Cl2O. The normalized spacial score (nSPS) is 10.9. The molecule has 0 unspecified atom stereocenters. The fourth-order valence-corrected chi connectivity index (χ4v) is 2.22. The number of ketones is 1. The Kier molecular flexibility index (Phi) is 4.41. The van der Waals surface area contributed by atoms with Crippen LogP contribution in [0.1, 0.15) is 21.5 Å². The molecule has 0 atom stereocenters. The number of hydrogen-bond donors (Lipinski definition) is 0. The minimum Gasteiger partial charge on any atom is -0.289 e. The first kappa shape index (κ1) is 13.9. The van der Waals surface area contributed by atoms with E-state index in [2.05, 4.69) is 0 Å². The van der Waals surface area contributed by atoms with Crippen molar-refractivity contribution < 1.29 is 4.79 Å². The number of carbonyl (C=O) groups excluding carboxylic acids is 1. The quantitative estimate of drug-likeness (QED) is 0.561. The average molecular weight is 291 g/mol. The van der Waals surface area contributed by atoms with Crippen LogP contribution in [0.15, 0.2) is 48.5 Å². The van der Waals surface area contributed by atoms with Crippen molar-refractivity contribution in [2.24, 2.45) is 0 Å². The van der Waals surface area contributed by atoms with Gasteiger partial charge in [0.25, 0.3) is 0 Å². The monoisotopic (exact) mass is 290 g/mol. The molecule has 0 saturated heterocycles. The van der Waals surface area contributed by atoms with Crippen LogP contribution >= 0.6 is 23.2 Å². The predicted molar refractivity (Wildman–Crippen MR) is 81.0 cm³/mol. The van der Waals surface area contributed by atoms with Crippen LogP contribution in [0.25, 0.3) is 6.08 Å². The van der Waals surface area contributed by atoms with Gasteiger partial charge >= 0.3 is 0 Å². The molecule has 0 bridgehead atoms. The Morgan fingerprint density at radius 2 is 1.84 bits per heavy atom. The molecule has 3 heteroatoms. The molecule has 0 spiro atoms. The first-order valence-electron chi connectivity index (χ1n) is 5.81. The van der Waals surface area contributed by atoms with E-state index in [1.807, 2.05) is 31.2 Å². The lowest BCUT2D eigenvalue weighted by atomic mass is 10.1. The zero-order chi connectivity index (χ0) is 13.8. The minimum absolute atomic E-state index is 0.134. The zero-order valence-corrected chi connectivity index (χ0v) is 11.9. The van der Waals surface area contributed by atoms with Crippen LogP contribution in [-0.4, -0.2) is 5.78 Å². The van der Waals surface area contributed by atoms with Gasteiger partial charge in [-0.3, -0.25) is 4.79 Å². The molecule has 0 fully saturated rings. The van der Waals surface area contributed by atoms with E-state index in [0.29, 0.717) is 15.6 Å². The van der Waals surface area contributed by atoms with Gasteiger partial charge in [-0.25, -0.2) is 0 Å². The Balaban J connectivity index is 2.24. The van der Waals surface area contributed by atoms with E-state index in [9.17, 15) is 4.79 Å². The Morgan fingerprint density at radius 3 is 2.53 bits per heavy atom. The lowest BCUT2D eigenvalue weighted by Gasteiger charge is -2.01. The van der Waals surface area contributed by atoms with E-state index in [0.717, 1.165) is 11.1 Å². The van der Waals surface area contributed by atoms with E-state index in [1.165, 1.54) is 6.08 Å². The second kappa shape index (κ2) is 6.05. The Bertz CT molecular complexity index is 645. The molecule has 1 nitrogen and oxygen atoms in total. The van der Waals surface area contributed by atoms with E-state index in [1.54, 1.807) is 24.3 Å². The van der Waals surface area contributed by atoms with Gasteiger partial charge in [0.05, 0.1) is 5.02 Å². The first-order valence-corrected chi connectivity index (χ1v) is 6.56. The largest absolute Gasteiger partial charge is 0.289 e. The molecule has 2 aromatic rings. The third-order valence-electron chi connectivity index (χ3n) is 2.80. The summed E-state index contributed by atoms with van der Waals surface area (Å²) in [7, 11) is 0. The molecule has 0 aliphatic rings. The number of carbonyl (C=O) groups is 1.